The van der Waals surface area contributed by atoms with E-state index in [9.17, 15) is 18.8 Å². The van der Waals surface area contributed by atoms with Gasteiger partial charge in [-0.2, -0.15) is 5.11 Å². The summed E-state index contributed by atoms with van der Waals surface area (Å²) >= 11 is 3.31. The summed E-state index contributed by atoms with van der Waals surface area (Å²) in [6.45, 7) is -0.269. The number of rotatable bonds is 4. The molecule has 2 aliphatic heterocycles. The van der Waals surface area contributed by atoms with E-state index in [1.807, 2.05) is 0 Å². The van der Waals surface area contributed by atoms with E-state index in [0.717, 1.165) is 9.37 Å². The summed E-state index contributed by atoms with van der Waals surface area (Å²) in [5, 5.41) is 11.5. The first-order valence-electron chi connectivity index (χ1n) is 8.30. The molecule has 2 aliphatic rings. The van der Waals surface area contributed by atoms with Gasteiger partial charge in [0.25, 0.3) is 11.8 Å². The lowest BCUT2D eigenvalue weighted by atomic mass is 10.1. The standard InChI is InChI=1S/C18H13BrFN5O3/c19-10-1-7-13(8-2-10)25-17(27)15-16(18(25)28)24(23-22-15)9-14(26)21-12-5-3-11(20)4-6-12/h1-8,15-16H,9H2,(H,21,26)/t15-,16-/m0/s1. The van der Waals surface area contributed by atoms with Gasteiger partial charge in [0, 0.05) is 10.2 Å². The van der Waals surface area contributed by atoms with Crippen molar-refractivity contribution >= 4 is 45.0 Å². The first-order chi connectivity index (χ1) is 13.4. The third kappa shape index (κ3) is 3.26. The second-order valence-electron chi connectivity index (χ2n) is 6.24. The molecule has 0 saturated carbocycles. The van der Waals surface area contributed by atoms with Crippen LogP contribution in [-0.2, 0) is 14.4 Å². The van der Waals surface area contributed by atoms with Gasteiger partial charge in [0.1, 0.15) is 12.4 Å². The number of nitrogens with zero attached hydrogens (tertiary/aromatic N) is 4. The Morgan fingerprint density at radius 1 is 1.07 bits per heavy atom. The van der Waals surface area contributed by atoms with E-state index in [1.54, 1.807) is 24.3 Å². The Bertz CT molecular complexity index is 980. The fourth-order valence-electron chi connectivity index (χ4n) is 3.08. The molecule has 2 aromatic carbocycles. The molecule has 1 saturated heterocycles. The molecule has 3 amide bonds. The van der Waals surface area contributed by atoms with Crippen LogP contribution < -0.4 is 10.2 Å². The van der Waals surface area contributed by atoms with Crippen molar-refractivity contribution in [2.24, 2.45) is 10.3 Å². The molecular weight excluding hydrogens is 433 g/mol. The van der Waals surface area contributed by atoms with Crippen molar-refractivity contribution in [2.45, 2.75) is 12.1 Å². The lowest BCUT2D eigenvalue weighted by Gasteiger charge is -2.20. The Hall–Kier alpha value is -3.14. The molecule has 2 atom stereocenters. The lowest BCUT2D eigenvalue weighted by Crippen LogP contribution is -2.43. The summed E-state index contributed by atoms with van der Waals surface area (Å²) in [5.41, 5.74) is 0.836. The Labute approximate surface area is 167 Å². The van der Waals surface area contributed by atoms with Gasteiger partial charge in [-0.3, -0.25) is 19.4 Å². The van der Waals surface area contributed by atoms with Crippen LogP contribution in [0.2, 0.25) is 0 Å². The number of amides is 3. The van der Waals surface area contributed by atoms with Crippen LogP contribution in [-0.4, -0.2) is 41.4 Å². The van der Waals surface area contributed by atoms with Crippen LogP contribution in [0.4, 0.5) is 15.8 Å². The molecule has 0 spiro atoms. The lowest BCUT2D eigenvalue weighted by molar-refractivity contribution is -0.123. The monoisotopic (exact) mass is 445 g/mol. The van der Waals surface area contributed by atoms with Gasteiger partial charge in [-0.25, -0.2) is 9.29 Å². The predicted molar refractivity (Wildman–Crippen MR) is 101 cm³/mol. The number of carbonyl (C=O) groups excluding carboxylic acids is 3. The van der Waals surface area contributed by atoms with Crippen molar-refractivity contribution < 1.29 is 18.8 Å². The van der Waals surface area contributed by atoms with Gasteiger partial charge in [-0.05, 0) is 48.5 Å². The van der Waals surface area contributed by atoms with Gasteiger partial charge in [0.15, 0.2) is 12.1 Å². The smallest absolute Gasteiger partial charge is 0.263 e. The second kappa shape index (κ2) is 7.12. The largest absolute Gasteiger partial charge is 0.324 e. The summed E-state index contributed by atoms with van der Waals surface area (Å²) in [5.74, 6) is -1.86. The van der Waals surface area contributed by atoms with E-state index in [1.165, 1.54) is 29.3 Å². The number of nitrogens with one attached hydrogen (secondary N) is 1. The Kier molecular flexibility index (Phi) is 4.63. The molecule has 8 nitrogen and oxygen atoms in total. The number of imide groups is 1. The van der Waals surface area contributed by atoms with Crippen LogP contribution in [0, 0.1) is 5.82 Å². The van der Waals surface area contributed by atoms with Crippen molar-refractivity contribution in [3.8, 4) is 0 Å². The average molecular weight is 446 g/mol. The van der Waals surface area contributed by atoms with Crippen LogP contribution in [0.25, 0.3) is 0 Å². The van der Waals surface area contributed by atoms with Gasteiger partial charge >= 0.3 is 0 Å². The van der Waals surface area contributed by atoms with Crippen molar-refractivity contribution in [3.05, 3.63) is 58.8 Å². The third-order valence-corrected chi connectivity index (χ3v) is 4.90. The van der Waals surface area contributed by atoms with Gasteiger partial charge in [-0.15, -0.1) is 0 Å². The molecule has 4 rings (SSSR count). The van der Waals surface area contributed by atoms with Crippen LogP contribution in [0.5, 0.6) is 0 Å². The van der Waals surface area contributed by atoms with Crippen LogP contribution in [0.1, 0.15) is 0 Å². The predicted octanol–water partition coefficient (Wildman–Crippen LogP) is 2.52. The summed E-state index contributed by atoms with van der Waals surface area (Å²) in [4.78, 5) is 38.8. The molecule has 10 heteroatoms. The normalized spacial score (nSPS) is 20.6. The molecule has 2 heterocycles. The van der Waals surface area contributed by atoms with Crippen molar-refractivity contribution in [1.82, 2.24) is 5.01 Å². The van der Waals surface area contributed by atoms with Gasteiger partial charge in [0.05, 0.1) is 5.69 Å². The number of anilines is 2. The molecule has 2 aromatic rings. The fraction of sp³-hybridized carbons (Fsp3) is 0.167. The van der Waals surface area contributed by atoms with Crippen molar-refractivity contribution in [1.29, 1.82) is 0 Å². The number of hydrogen-bond donors (Lipinski definition) is 1. The average Bonchev–Trinajstić information content (AvgIpc) is 3.18. The maximum absolute atomic E-state index is 13.0. The van der Waals surface area contributed by atoms with Crippen LogP contribution >= 0.6 is 15.9 Å². The van der Waals surface area contributed by atoms with Gasteiger partial charge < -0.3 is 5.32 Å². The molecule has 0 aromatic heterocycles. The van der Waals surface area contributed by atoms with E-state index in [2.05, 4.69) is 31.6 Å². The van der Waals surface area contributed by atoms with E-state index < -0.39 is 35.6 Å². The summed E-state index contributed by atoms with van der Waals surface area (Å²) < 4.78 is 13.8. The number of halogens is 2. The van der Waals surface area contributed by atoms with Crippen molar-refractivity contribution in [2.75, 3.05) is 16.8 Å². The molecule has 0 radical (unpaired) electrons. The highest BCUT2D eigenvalue weighted by Gasteiger charge is 2.55. The minimum atomic E-state index is -0.977. The van der Waals surface area contributed by atoms with Crippen LogP contribution in [0.3, 0.4) is 0 Å². The number of carbonyl (C=O) groups is 3. The molecule has 142 valence electrons. The molecule has 1 N–H and O–H groups in total. The summed E-state index contributed by atoms with van der Waals surface area (Å²) in [7, 11) is 0. The van der Waals surface area contributed by atoms with Gasteiger partial charge in [-0.1, -0.05) is 21.2 Å². The Morgan fingerprint density at radius 2 is 1.75 bits per heavy atom. The first kappa shape index (κ1) is 18.2. The molecular formula is C18H13BrFN5O3. The second-order valence-corrected chi connectivity index (χ2v) is 7.15. The summed E-state index contributed by atoms with van der Waals surface area (Å²) in [6.07, 6.45) is 0. The number of hydrogen-bond acceptors (Lipinski definition) is 6. The quantitative estimate of drug-likeness (QED) is 0.731. The third-order valence-electron chi connectivity index (χ3n) is 4.38. The zero-order valence-electron chi connectivity index (χ0n) is 14.3. The zero-order valence-corrected chi connectivity index (χ0v) is 15.8. The van der Waals surface area contributed by atoms with Crippen molar-refractivity contribution in [3.63, 3.8) is 0 Å². The maximum atomic E-state index is 13.0. The van der Waals surface area contributed by atoms with Crippen LogP contribution in [0.15, 0.2) is 63.3 Å². The maximum Gasteiger partial charge on any atom is 0.263 e. The molecule has 0 aliphatic carbocycles. The Morgan fingerprint density at radius 3 is 2.43 bits per heavy atom. The topological polar surface area (TPSA) is 94.4 Å². The molecule has 28 heavy (non-hydrogen) atoms. The van der Waals surface area contributed by atoms with E-state index in [4.69, 9.17) is 0 Å². The highest BCUT2D eigenvalue weighted by atomic mass is 79.9. The molecule has 0 bridgehead atoms. The minimum absolute atomic E-state index is 0.269. The minimum Gasteiger partial charge on any atom is -0.324 e. The SMILES string of the molecule is O=C(CN1N=N[C@@H]2C(=O)N(c3ccc(Br)cc3)C(=O)[C@H]21)Nc1ccc(F)cc1. The zero-order chi connectivity index (χ0) is 19.8. The fourth-order valence-corrected chi connectivity index (χ4v) is 3.34. The highest BCUT2D eigenvalue weighted by molar-refractivity contribution is 9.10. The van der Waals surface area contributed by atoms with E-state index >= 15 is 0 Å². The first-order valence-corrected chi connectivity index (χ1v) is 9.09. The number of benzene rings is 2. The molecule has 0 unspecified atom stereocenters. The summed E-state index contributed by atoms with van der Waals surface area (Å²) in [6, 6.07) is 10.1. The van der Waals surface area contributed by atoms with Gasteiger partial charge in [0.2, 0.25) is 5.91 Å². The molecule has 1 fully saturated rings. The highest BCUT2D eigenvalue weighted by Crippen LogP contribution is 2.32. The van der Waals surface area contributed by atoms with E-state index in [0.29, 0.717) is 11.4 Å². The Balaban J connectivity index is 1.48. The number of fused-ring (bicyclic) bond motifs is 1. The van der Waals surface area contributed by atoms with E-state index in [-0.39, 0.29) is 6.54 Å².